The van der Waals surface area contributed by atoms with Crippen LogP contribution in [-0.4, -0.2) is 34.1 Å². The first-order valence-corrected chi connectivity index (χ1v) is 13.1. The van der Waals surface area contributed by atoms with Crippen molar-refractivity contribution in [2.75, 3.05) is 24.1 Å². The molecule has 0 radical (unpaired) electrons. The van der Waals surface area contributed by atoms with E-state index in [0.29, 0.717) is 24.0 Å². The molecule has 35 heavy (non-hydrogen) atoms. The summed E-state index contributed by atoms with van der Waals surface area (Å²) in [4.78, 5) is 13.1. The highest BCUT2D eigenvalue weighted by molar-refractivity contribution is 7.92. The Balaban J connectivity index is 1.89. The van der Waals surface area contributed by atoms with Gasteiger partial charge in [-0.3, -0.25) is 9.10 Å². The number of rotatable bonds is 11. The lowest BCUT2D eigenvalue weighted by atomic mass is 10.1. The average Bonchev–Trinajstić information content (AvgIpc) is 2.84. The van der Waals surface area contributed by atoms with Gasteiger partial charge in [0, 0.05) is 5.02 Å². The Hall–Kier alpha value is -3.23. The zero-order chi connectivity index (χ0) is 25.4. The zero-order valence-corrected chi connectivity index (χ0v) is 21.5. The molecule has 1 atom stereocenters. The predicted molar refractivity (Wildman–Crippen MR) is 138 cm³/mol. The lowest BCUT2D eigenvalue weighted by molar-refractivity contribution is -0.120. The summed E-state index contributed by atoms with van der Waals surface area (Å²) in [6.07, 6.45) is 0. The van der Waals surface area contributed by atoms with Crippen LogP contribution in [0.15, 0.2) is 77.7 Å². The monoisotopic (exact) mass is 516 g/mol. The van der Waals surface area contributed by atoms with E-state index in [1.165, 1.54) is 24.3 Å². The van der Waals surface area contributed by atoms with Gasteiger partial charge >= 0.3 is 0 Å². The Bertz CT molecular complexity index is 1230. The summed E-state index contributed by atoms with van der Waals surface area (Å²) in [6, 6.07) is 19.6. The van der Waals surface area contributed by atoms with E-state index in [9.17, 15) is 13.2 Å². The normalized spacial score (nSPS) is 12.0. The Morgan fingerprint density at radius 1 is 0.943 bits per heavy atom. The first-order valence-electron chi connectivity index (χ1n) is 11.3. The van der Waals surface area contributed by atoms with Crippen LogP contribution in [0, 0.1) is 0 Å². The van der Waals surface area contributed by atoms with E-state index in [4.69, 9.17) is 21.1 Å². The van der Waals surface area contributed by atoms with Crippen LogP contribution in [0.3, 0.4) is 0 Å². The number of anilines is 1. The molecule has 0 aromatic heterocycles. The highest BCUT2D eigenvalue weighted by Crippen LogP contribution is 2.33. The fraction of sp³-hybridized carbons (Fsp3) is 0.269. The lowest BCUT2D eigenvalue weighted by Gasteiger charge is -2.26. The zero-order valence-electron chi connectivity index (χ0n) is 19.9. The van der Waals surface area contributed by atoms with Gasteiger partial charge < -0.3 is 14.8 Å². The minimum Gasteiger partial charge on any atom is -0.494 e. The Kier molecular flexibility index (Phi) is 9.01. The second-order valence-electron chi connectivity index (χ2n) is 7.66. The third-order valence-electron chi connectivity index (χ3n) is 5.19. The van der Waals surface area contributed by atoms with Crippen LogP contribution in [-0.2, 0) is 14.8 Å². The molecular formula is C26H29ClN2O5S. The van der Waals surface area contributed by atoms with Crippen molar-refractivity contribution in [3.8, 4) is 11.5 Å². The van der Waals surface area contributed by atoms with Gasteiger partial charge in [-0.15, -0.1) is 0 Å². The van der Waals surface area contributed by atoms with E-state index in [1.807, 2.05) is 38.1 Å². The van der Waals surface area contributed by atoms with Crippen LogP contribution in [0.2, 0.25) is 5.02 Å². The van der Waals surface area contributed by atoms with E-state index >= 15 is 0 Å². The average molecular weight is 517 g/mol. The number of para-hydroxylation sites is 2. The molecule has 0 bridgehead atoms. The van der Waals surface area contributed by atoms with Crippen molar-refractivity contribution >= 4 is 33.2 Å². The van der Waals surface area contributed by atoms with Crippen LogP contribution < -0.4 is 19.1 Å². The van der Waals surface area contributed by atoms with Crippen LogP contribution in [0.25, 0.3) is 0 Å². The van der Waals surface area contributed by atoms with Gasteiger partial charge in [0.05, 0.1) is 29.8 Å². The quantitative estimate of drug-likeness (QED) is 0.378. The van der Waals surface area contributed by atoms with Crippen molar-refractivity contribution in [3.05, 3.63) is 83.4 Å². The number of amides is 1. The smallest absolute Gasteiger partial charge is 0.264 e. The Morgan fingerprint density at radius 2 is 1.57 bits per heavy atom. The van der Waals surface area contributed by atoms with Gasteiger partial charge in [0.2, 0.25) is 5.91 Å². The SMILES string of the molecule is CCOc1ccc([C@@H](C)NC(=O)CN(c2ccccc2OCC)S(=O)(=O)c2ccc(Cl)cc2)cc1. The van der Waals surface area contributed by atoms with E-state index in [2.05, 4.69) is 5.32 Å². The molecule has 7 nitrogen and oxygen atoms in total. The fourth-order valence-corrected chi connectivity index (χ4v) is 5.05. The molecule has 0 saturated heterocycles. The maximum Gasteiger partial charge on any atom is 0.264 e. The number of hydrogen-bond acceptors (Lipinski definition) is 5. The molecule has 186 valence electrons. The first kappa shape index (κ1) is 26.4. The molecule has 0 spiro atoms. The number of ether oxygens (including phenoxy) is 2. The molecular weight excluding hydrogens is 488 g/mol. The number of hydrogen-bond donors (Lipinski definition) is 1. The maximum atomic E-state index is 13.6. The summed E-state index contributed by atoms with van der Waals surface area (Å²) in [5.41, 5.74) is 1.14. The molecule has 3 rings (SSSR count). The van der Waals surface area contributed by atoms with Gasteiger partial charge in [-0.2, -0.15) is 0 Å². The van der Waals surface area contributed by atoms with Crippen molar-refractivity contribution in [1.29, 1.82) is 0 Å². The first-order chi connectivity index (χ1) is 16.8. The van der Waals surface area contributed by atoms with E-state index in [1.54, 1.807) is 31.2 Å². The number of nitrogens with zero attached hydrogens (tertiary/aromatic N) is 1. The van der Waals surface area contributed by atoms with Gasteiger partial charge in [-0.25, -0.2) is 8.42 Å². The van der Waals surface area contributed by atoms with Crippen LogP contribution >= 0.6 is 11.6 Å². The Morgan fingerprint density at radius 3 is 2.20 bits per heavy atom. The molecule has 0 saturated carbocycles. The highest BCUT2D eigenvalue weighted by Gasteiger charge is 2.30. The summed E-state index contributed by atoms with van der Waals surface area (Å²) in [5.74, 6) is 0.637. The predicted octanol–water partition coefficient (Wildman–Crippen LogP) is 5.21. The molecule has 0 aliphatic heterocycles. The van der Waals surface area contributed by atoms with Gasteiger partial charge in [0.25, 0.3) is 10.0 Å². The molecule has 0 fully saturated rings. The molecule has 0 aliphatic rings. The van der Waals surface area contributed by atoms with Crippen LogP contribution in [0.4, 0.5) is 5.69 Å². The number of benzene rings is 3. The summed E-state index contributed by atoms with van der Waals surface area (Å²) in [7, 11) is -4.10. The molecule has 1 N–H and O–H groups in total. The standard InChI is InChI=1S/C26H29ClN2O5S/c1-4-33-22-14-10-20(11-15-22)19(3)28-26(30)18-29(24-8-6-7-9-25(24)34-5-2)35(31,32)23-16-12-21(27)13-17-23/h6-17,19H,4-5,18H2,1-3H3,(H,28,30)/t19-/m1/s1. The van der Waals surface area contributed by atoms with Crippen molar-refractivity contribution in [2.45, 2.75) is 31.7 Å². The van der Waals surface area contributed by atoms with Crippen molar-refractivity contribution < 1.29 is 22.7 Å². The Labute approximate surface area is 211 Å². The molecule has 3 aromatic rings. The van der Waals surface area contributed by atoms with E-state index < -0.39 is 22.5 Å². The van der Waals surface area contributed by atoms with Gasteiger partial charge in [-0.05, 0) is 74.9 Å². The topological polar surface area (TPSA) is 84.9 Å². The highest BCUT2D eigenvalue weighted by atomic mass is 35.5. The third kappa shape index (κ3) is 6.68. The summed E-state index contributed by atoms with van der Waals surface area (Å²) < 4.78 is 39.4. The van der Waals surface area contributed by atoms with Crippen LogP contribution in [0.1, 0.15) is 32.4 Å². The van der Waals surface area contributed by atoms with Gasteiger partial charge in [0.1, 0.15) is 18.0 Å². The van der Waals surface area contributed by atoms with E-state index in [0.717, 1.165) is 15.6 Å². The number of halogens is 1. The molecule has 3 aromatic carbocycles. The second-order valence-corrected chi connectivity index (χ2v) is 9.96. The van der Waals surface area contributed by atoms with Crippen molar-refractivity contribution in [2.24, 2.45) is 0 Å². The van der Waals surface area contributed by atoms with Crippen LogP contribution in [0.5, 0.6) is 11.5 Å². The van der Waals surface area contributed by atoms with Gasteiger partial charge in [-0.1, -0.05) is 35.9 Å². The van der Waals surface area contributed by atoms with Gasteiger partial charge in [0.15, 0.2) is 0 Å². The fourth-order valence-electron chi connectivity index (χ4n) is 3.49. The second kappa shape index (κ2) is 12.0. The maximum absolute atomic E-state index is 13.6. The summed E-state index contributed by atoms with van der Waals surface area (Å²) in [6.45, 7) is 6.01. The summed E-state index contributed by atoms with van der Waals surface area (Å²) in [5, 5.41) is 3.29. The summed E-state index contributed by atoms with van der Waals surface area (Å²) >= 11 is 5.95. The minimum atomic E-state index is -4.10. The minimum absolute atomic E-state index is 0.0144. The number of nitrogens with one attached hydrogen (secondary N) is 1. The largest absolute Gasteiger partial charge is 0.494 e. The molecule has 0 heterocycles. The molecule has 0 aliphatic carbocycles. The number of carbonyl (C=O) groups excluding carboxylic acids is 1. The molecule has 0 unspecified atom stereocenters. The van der Waals surface area contributed by atoms with Crippen molar-refractivity contribution in [3.63, 3.8) is 0 Å². The van der Waals surface area contributed by atoms with E-state index in [-0.39, 0.29) is 16.6 Å². The lowest BCUT2D eigenvalue weighted by Crippen LogP contribution is -2.41. The third-order valence-corrected chi connectivity index (χ3v) is 7.22. The molecule has 1 amide bonds. The molecule has 9 heteroatoms. The number of carbonyl (C=O) groups is 1. The number of sulfonamides is 1. The van der Waals surface area contributed by atoms with Crippen molar-refractivity contribution in [1.82, 2.24) is 5.32 Å².